The van der Waals surface area contributed by atoms with E-state index in [-0.39, 0.29) is 5.91 Å². The summed E-state index contributed by atoms with van der Waals surface area (Å²) in [7, 11) is 0. The monoisotopic (exact) mass is 251 g/mol. The summed E-state index contributed by atoms with van der Waals surface area (Å²) in [5.74, 6) is 1.34. The Morgan fingerprint density at radius 2 is 2.12 bits per heavy atom. The van der Waals surface area contributed by atoms with Crippen LogP contribution in [0.1, 0.15) is 30.7 Å². The van der Waals surface area contributed by atoms with Gasteiger partial charge < -0.3 is 4.90 Å². The van der Waals surface area contributed by atoms with Crippen LogP contribution in [0.5, 0.6) is 0 Å². The van der Waals surface area contributed by atoms with Gasteiger partial charge in [0.25, 0.3) is 0 Å². The number of rotatable bonds is 4. The summed E-state index contributed by atoms with van der Waals surface area (Å²) in [6.45, 7) is 1.76. The molecular weight excluding hydrogens is 234 g/mol. The molecule has 0 radical (unpaired) electrons. The molecule has 1 heterocycles. The van der Waals surface area contributed by atoms with Crippen molar-refractivity contribution in [3.05, 3.63) is 35.9 Å². The SMILES string of the molecule is O=C(CCCCl)N1CCC(c2ccccc2)C1. The van der Waals surface area contributed by atoms with Crippen molar-refractivity contribution >= 4 is 17.5 Å². The second-order valence-electron chi connectivity index (χ2n) is 4.53. The lowest BCUT2D eigenvalue weighted by Gasteiger charge is -2.16. The van der Waals surface area contributed by atoms with E-state index >= 15 is 0 Å². The van der Waals surface area contributed by atoms with Crippen LogP contribution in [0.15, 0.2) is 30.3 Å². The Bertz CT molecular complexity index is 366. The number of amides is 1. The van der Waals surface area contributed by atoms with Crippen LogP contribution in [-0.4, -0.2) is 29.8 Å². The lowest BCUT2D eigenvalue weighted by atomic mass is 9.99. The van der Waals surface area contributed by atoms with Gasteiger partial charge in [0, 0.05) is 31.3 Å². The van der Waals surface area contributed by atoms with Gasteiger partial charge in [0.2, 0.25) is 5.91 Å². The summed E-state index contributed by atoms with van der Waals surface area (Å²) >= 11 is 5.61. The fourth-order valence-electron chi connectivity index (χ4n) is 2.36. The maximum absolute atomic E-state index is 11.8. The summed E-state index contributed by atoms with van der Waals surface area (Å²) in [5.41, 5.74) is 1.35. The van der Waals surface area contributed by atoms with Crippen LogP contribution in [-0.2, 0) is 4.79 Å². The van der Waals surface area contributed by atoms with Crippen molar-refractivity contribution in [3.8, 4) is 0 Å². The average molecular weight is 252 g/mol. The molecule has 0 bridgehead atoms. The Hall–Kier alpha value is -1.02. The molecule has 1 aromatic carbocycles. The third-order valence-electron chi connectivity index (χ3n) is 3.34. The van der Waals surface area contributed by atoms with Gasteiger partial charge in [-0.05, 0) is 18.4 Å². The molecule has 3 heteroatoms. The third-order valence-corrected chi connectivity index (χ3v) is 3.60. The number of alkyl halides is 1. The zero-order valence-electron chi connectivity index (χ0n) is 9.94. The van der Waals surface area contributed by atoms with Gasteiger partial charge in [-0.1, -0.05) is 30.3 Å². The molecule has 0 N–H and O–H groups in total. The van der Waals surface area contributed by atoms with Gasteiger partial charge in [0.05, 0.1) is 0 Å². The lowest BCUT2D eigenvalue weighted by molar-refractivity contribution is -0.130. The Kier molecular flexibility index (Phi) is 4.43. The number of carbonyl (C=O) groups is 1. The molecule has 1 amide bonds. The summed E-state index contributed by atoms with van der Waals surface area (Å²) in [5, 5.41) is 0. The van der Waals surface area contributed by atoms with Crippen LogP contribution in [0.3, 0.4) is 0 Å². The van der Waals surface area contributed by atoms with Crippen LogP contribution in [0.25, 0.3) is 0 Å². The molecule has 2 rings (SSSR count). The van der Waals surface area contributed by atoms with Crippen LogP contribution in [0.4, 0.5) is 0 Å². The molecule has 0 spiro atoms. The summed E-state index contributed by atoms with van der Waals surface area (Å²) in [6.07, 6.45) is 2.45. The minimum atomic E-state index is 0.254. The van der Waals surface area contributed by atoms with Crippen molar-refractivity contribution in [1.82, 2.24) is 4.90 Å². The first kappa shape index (κ1) is 12.4. The molecule has 1 atom stereocenters. The fourth-order valence-corrected chi connectivity index (χ4v) is 2.49. The van der Waals surface area contributed by atoms with Crippen LogP contribution >= 0.6 is 11.6 Å². The maximum atomic E-state index is 11.8. The van der Waals surface area contributed by atoms with Crippen molar-refractivity contribution < 1.29 is 4.79 Å². The van der Waals surface area contributed by atoms with E-state index < -0.39 is 0 Å². The van der Waals surface area contributed by atoms with E-state index in [9.17, 15) is 4.79 Å². The van der Waals surface area contributed by atoms with Crippen molar-refractivity contribution in [2.24, 2.45) is 0 Å². The first-order valence-electron chi connectivity index (χ1n) is 6.20. The summed E-state index contributed by atoms with van der Waals surface area (Å²) in [4.78, 5) is 13.8. The van der Waals surface area contributed by atoms with Gasteiger partial charge in [-0.25, -0.2) is 0 Å². The molecule has 1 saturated heterocycles. The Balaban J connectivity index is 1.89. The predicted octanol–water partition coefficient (Wildman–Crippen LogP) is 3.02. The molecule has 0 saturated carbocycles. The van der Waals surface area contributed by atoms with E-state index in [4.69, 9.17) is 11.6 Å². The van der Waals surface area contributed by atoms with E-state index in [1.165, 1.54) is 5.56 Å². The normalized spacial score (nSPS) is 19.6. The standard InChI is InChI=1S/C14H18ClNO/c15-9-4-7-14(17)16-10-8-13(11-16)12-5-2-1-3-6-12/h1-3,5-6,13H,4,7-11H2. The molecular formula is C14H18ClNO. The first-order valence-corrected chi connectivity index (χ1v) is 6.73. The van der Waals surface area contributed by atoms with E-state index in [0.717, 1.165) is 25.9 Å². The minimum absolute atomic E-state index is 0.254. The number of likely N-dealkylation sites (tertiary alicyclic amines) is 1. The Morgan fingerprint density at radius 3 is 2.82 bits per heavy atom. The number of hydrogen-bond acceptors (Lipinski definition) is 1. The molecule has 0 aromatic heterocycles. The Morgan fingerprint density at radius 1 is 1.35 bits per heavy atom. The van der Waals surface area contributed by atoms with Gasteiger partial charge in [0.15, 0.2) is 0 Å². The fraction of sp³-hybridized carbons (Fsp3) is 0.500. The minimum Gasteiger partial charge on any atom is -0.342 e. The highest BCUT2D eigenvalue weighted by Crippen LogP contribution is 2.27. The highest BCUT2D eigenvalue weighted by molar-refractivity contribution is 6.17. The van der Waals surface area contributed by atoms with E-state index in [0.29, 0.717) is 18.2 Å². The first-order chi connectivity index (χ1) is 8.31. The van der Waals surface area contributed by atoms with Crippen molar-refractivity contribution in [3.63, 3.8) is 0 Å². The number of hydrogen-bond donors (Lipinski definition) is 0. The smallest absolute Gasteiger partial charge is 0.222 e. The highest BCUT2D eigenvalue weighted by Gasteiger charge is 2.26. The average Bonchev–Trinajstić information content (AvgIpc) is 2.86. The van der Waals surface area contributed by atoms with Crippen molar-refractivity contribution in [2.45, 2.75) is 25.2 Å². The van der Waals surface area contributed by atoms with E-state index in [2.05, 4.69) is 24.3 Å². The zero-order chi connectivity index (χ0) is 12.1. The maximum Gasteiger partial charge on any atom is 0.222 e. The van der Waals surface area contributed by atoms with Gasteiger partial charge in [-0.3, -0.25) is 4.79 Å². The topological polar surface area (TPSA) is 20.3 Å². The van der Waals surface area contributed by atoms with Crippen molar-refractivity contribution in [1.29, 1.82) is 0 Å². The molecule has 1 fully saturated rings. The van der Waals surface area contributed by atoms with Crippen LogP contribution in [0, 0.1) is 0 Å². The Labute approximate surface area is 108 Å². The van der Waals surface area contributed by atoms with Crippen LogP contribution in [0.2, 0.25) is 0 Å². The number of nitrogens with zero attached hydrogens (tertiary/aromatic N) is 1. The molecule has 1 aliphatic heterocycles. The number of benzene rings is 1. The molecule has 2 nitrogen and oxygen atoms in total. The molecule has 92 valence electrons. The number of carbonyl (C=O) groups excluding carboxylic acids is 1. The molecule has 1 unspecified atom stereocenters. The zero-order valence-corrected chi connectivity index (χ0v) is 10.7. The van der Waals surface area contributed by atoms with Gasteiger partial charge >= 0.3 is 0 Å². The van der Waals surface area contributed by atoms with Crippen LogP contribution < -0.4 is 0 Å². The highest BCUT2D eigenvalue weighted by atomic mass is 35.5. The molecule has 1 aromatic rings. The second kappa shape index (κ2) is 6.06. The molecule has 0 aliphatic carbocycles. The van der Waals surface area contributed by atoms with E-state index in [1.807, 2.05) is 11.0 Å². The van der Waals surface area contributed by atoms with Gasteiger partial charge in [-0.15, -0.1) is 11.6 Å². The third kappa shape index (κ3) is 3.22. The lowest BCUT2D eigenvalue weighted by Crippen LogP contribution is -2.28. The quantitative estimate of drug-likeness (QED) is 0.754. The van der Waals surface area contributed by atoms with E-state index in [1.54, 1.807) is 0 Å². The van der Waals surface area contributed by atoms with Crippen molar-refractivity contribution in [2.75, 3.05) is 19.0 Å². The molecule has 17 heavy (non-hydrogen) atoms. The second-order valence-corrected chi connectivity index (χ2v) is 4.91. The van der Waals surface area contributed by atoms with Gasteiger partial charge in [0.1, 0.15) is 0 Å². The van der Waals surface area contributed by atoms with Gasteiger partial charge in [-0.2, -0.15) is 0 Å². The predicted molar refractivity (Wildman–Crippen MR) is 70.3 cm³/mol. The summed E-state index contributed by atoms with van der Waals surface area (Å²) < 4.78 is 0. The summed E-state index contributed by atoms with van der Waals surface area (Å²) in [6, 6.07) is 10.5. The molecule has 1 aliphatic rings. The largest absolute Gasteiger partial charge is 0.342 e. The number of halogens is 1.